The summed E-state index contributed by atoms with van der Waals surface area (Å²) in [5.74, 6) is 0.0321. The van der Waals surface area contributed by atoms with E-state index in [-0.39, 0.29) is 12.5 Å². The molecule has 5 heteroatoms. The third kappa shape index (κ3) is 2.72. The molecule has 1 amide bonds. The van der Waals surface area contributed by atoms with Gasteiger partial charge in [-0.05, 0) is 30.5 Å². The second-order valence-corrected chi connectivity index (χ2v) is 5.74. The van der Waals surface area contributed by atoms with Crippen molar-refractivity contribution in [3.05, 3.63) is 54.6 Å². The normalized spacial score (nSPS) is 10.8. The van der Waals surface area contributed by atoms with Crippen molar-refractivity contribution in [2.45, 2.75) is 11.7 Å². The third-order valence-corrected chi connectivity index (χ3v) is 4.29. The second kappa shape index (κ2) is 6.23. The summed E-state index contributed by atoms with van der Waals surface area (Å²) in [5.41, 5.74) is 2.80. The lowest BCUT2D eigenvalue weighted by atomic mass is 10.3. The largest absolute Gasteiger partial charge is 0.314 e. The van der Waals surface area contributed by atoms with Crippen LogP contribution in [0.15, 0.2) is 59.8 Å². The Kier molecular flexibility index (Phi) is 4.15. The first kappa shape index (κ1) is 14.7. The molecule has 0 unspecified atom stereocenters. The molecule has 2 aromatic carbocycles. The zero-order valence-corrected chi connectivity index (χ0v) is 13.4. The highest BCUT2D eigenvalue weighted by Crippen LogP contribution is 2.23. The van der Waals surface area contributed by atoms with Gasteiger partial charge in [0.1, 0.15) is 6.54 Å². The molecule has 0 aliphatic rings. The number of hydrogen-bond acceptors (Lipinski definition) is 3. The highest BCUT2D eigenvalue weighted by molar-refractivity contribution is 7.98. The van der Waals surface area contributed by atoms with E-state index in [0.717, 1.165) is 21.9 Å². The molecule has 1 aromatic heterocycles. The van der Waals surface area contributed by atoms with Crippen molar-refractivity contribution in [3.63, 3.8) is 0 Å². The van der Waals surface area contributed by atoms with Crippen molar-refractivity contribution < 1.29 is 4.79 Å². The van der Waals surface area contributed by atoms with Gasteiger partial charge in [-0.1, -0.05) is 42.1 Å². The quantitative estimate of drug-likeness (QED) is 0.693. The number of para-hydroxylation sites is 3. The van der Waals surface area contributed by atoms with Gasteiger partial charge in [-0.25, -0.2) is 4.98 Å². The Hall–Kier alpha value is -2.27. The van der Waals surface area contributed by atoms with E-state index >= 15 is 0 Å². The lowest BCUT2D eigenvalue weighted by Gasteiger charge is -2.18. The summed E-state index contributed by atoms with van der Waals surface area (Å²) >= 11 is 1.55. The first-order chi connectivity index (χ1) is 10.7. The maximum Gasteiger partial charge on any atom is 0.246 e. The third-order valence-electron chi connectivity index (χ3n) is 3.61. The number of thioether (sulfide) groups is 1. The average molecular weight is 311 g/mol. The molecule has 3 rings (SSSR count). The zero-order valence-electron chi connectivity index (χ0n) is 12.6. The van der Waals surface area contributed by atoms with Gasteiger partial charge in [-0.15, -0.1) is 0 Å². The number of aromatic nitrogens is 2. The smallest absolute Gasteiger partial charge is 0.246 e. The van der Waals surface area contributed by atoms with Gasteiger partial charge in [0.15, 0.2) is 5.16 Å². The minimum atomic E-state index is 0.0321. The van der Waals surface area contributed by atoms with Gasteiger partial charge in [-0.2, -0.15) is 0 Å². The molecule has 0 N–H and O–H groups in total. The van der Waals surface area contributed by atoms with E-state index in [2.05, 4.69) is 4.98 Å². The lowest BCUT2D eigenvalue weighted by Crippen LogP contribution is -2.30. The van der Waals surface area contributed by atoms with Gasteiger partial charge >= 0.3 is 0 Å². The Morgan fingerprint density at radius 3 is 2.55 bits per heavy atom. The van der Waals surface area contributed by atoms with E-state index in [1.807, 2.05) is 65.4 Å². The van der Waals surface area contributed by atoms with Gasteiger partial charge in [0.05, 0.1) is 11.0 Å². The number of amides is 1. The van der Waals surface area contributed by atoms with Gasteiger partial charge in [0.2, 0.25) is 5.91 Å². The van der Waals surface area contributed by atoms with E-state index in [0.29, 0.717) is 0 Å². The Morgan fingerprint density at radius 1 is 1.14 bits per heavy atom. The molecule has 22 heavy (non-hydrogen) atoms. The molecular formula is C17H17N3OS. The number of carbonyl (C=O) groups is 1. The number of hydrogen-bond donors (Lipinski definition) is 0. The Balaban J connectivity index is 1.91. The van der Waals surface area contributed by atoms with Crippen LogP contribution >= 0.6 is 11.8 Å². The summed E-state index contributed by atoms with van der Waals surface area (Å²) in [4.78, 5) is 18.8. The van der Waals surface area contributed by atoms with E-state index < -0.39 is 0 Å². The predicted octanol–water partition coefficient (Wildman–Crippen LogP) is 3.42. The summed E-state index contributed by atoms with van der Waals surface area (Å²) in [7, 11) is 1.80. The molecular weight excluding hydrogens is 294 g/mol. The van der Waals surface area contributed by atoms with Gasteiger partial charge in [-0.3, -0.25) is 4.79 Å². The number of imidazole rings is 1. The van der Waals surface area contributed by atoms with E-state index in [4.69, 9.17) is 0 Å². The molecule has 0 saturated heterocycles. The standard InChI is InChI=1S/C17H17N3OS/c1-19(13-8-4-3-5-9-13)16(21)12-20-15-11-7-6-10-14(15)18-17(20)22-2/h3-11H,12H2,1-2H3. The highest BCUT2D eigenvalue weighted by atomic mass is 32.2. The molecule has 4 nitrogen and oxygen atoms in total. The Labute approximate surface area is 133 Å². The minimum Gasteiger partial charge on any atom is -0.314 e. The maximum atomic E-state index is 12.6. The highest BCUT2D eigenvalue weighted by Gasteiger charge is 2.16. The number of rotatable bonds is 4. The van der Waals surface area contributed by atoms with Crippen LogP contribution < -0.4 is 4.90 Å². The van der Waals surface area contributed by atoms with Crippen molar-refractivity contribution in [1.82, 2.24) is 9.55 Å². The summed E-state index contributed by atoms with van der Waals surface area (Å²) in [6.45, 7) is 0.280. The second-order valence-electron chi connectivity index (χ2n) is 4.96. The number of anilines is 1. The van der Waals surface area contributed by atoms with Crippen LogP contribution in [0.5, 0.6) is 0 Å². The van der Waals surface area contributed by atoms with Crippen molar-refractivity contribution >= 4 is 34.4 Å². The molecule has 0 saturated carbocycles. The molecule has 0 aliphatic carbocycles. The molecule has 112 valence electrons. The molecule has 1 heterocycles. The van der Waals surface area contributed by atoms with Crippen molar-refractivity contribution in [2.75, 3.05) is 18.2 Å². The van der Waals surface area contributed by atoms with Crippen LogP contribution in [0.1, 0.15) is 0 Å². The Bertz CT molecular complexity index is 798. The number of carbonyl (C=O) groups excluding carboxylic acids is 1. The molecule has 0 fully saturated rings. The topological polar surface area (TPSA) is 38.1 Å². The maximum absolute atomic E-state index is 12.6. The number of nitrogens with zero attached hydrogens (tertiary/aromatic N) is 3. The fourth-order valence-electron chi connectivity index (χ4n) is 2.40. The average Bonchev–Trinajstić information content (AvgIpc) is 2.93. The molecule has 0 spiro atoms. The van der Waals surface area contributed by atoms with E-state index in [1.165, 1.54) is 0 Å². The number of fused-ring (bicyclic) bond motifs is 1. The van der Waals surface area contributed by atoms with Crippen LogP contribution in [0, 0.1) is 0 Å². The van der Waals surface area contributed by atoms with Crippen LogP contribution in [-0.2, 0) is 11.3 Å². The van der Waals surface area contributed by atoms with Crippen molar-refractivity contribution in [2.24, 2.45) is 0 Å². The fraction of sp³-hybridized carbons (Fsp3) is 0.176. The lowest BCUT2D eigenvalue weighted by molar-refractivity contribution is -0.118. The predicted molar refractivity (Wildman–Crippen MR) is 91.4 cm³/mol. The Morgan fingerprint density at radius 2 is 1.82 bits per heavy atom. The number of benzene rings is 2. The van der Waals surface area contributed by atoms with Crippen LogP contribution in [0.2, 0.25) is 0 Å². The van der Waals surface area contributed by atoms with Gasteiger partial charge in [0, 0.05) is 12.7 Å². The number of likely N-dealkylation sites (N-methyl/N-ethyl adjacent to an activating group) is 1. The zero-order chi connectivity index (χ0) is 15.5. The van der Waals surface area contributed by atoms with Crippen LogP contribution in [0.25, 0.3) is 11.0 Å². The summed E-state index contributed by atoms with van der Waals surface area (Å²) in [6.07, 6.45) is 1.98. The summed E-state index contributed by atoms with van der Waals surface area (Å²) < 4.78 is 1.97. The van der Waals surface area contributed by atoms with Crippen LogP contribution in [0.4, 0.5) is 5.69 Å². The van der Waals surface area contributed by atoms with Gasteiger partial charge in [0.25, 0.3) is 0 Å². The van der Waals surface area contributed by atoms with Crippen LogP contribution in [0.3, 0.4) is 0 Å². The molecule has 0 atom stereocenters. The summed E-state index contributed by atoms with van der Waals surface area (Å²) in [5, 5.41) is 0.857. The molecule has 3 aromatic rings. The molecule has 0 bridgehead atoms. The first-order valence-corrected chi connectivity index (χ1v) is 8.24. The summed E-state index contributed by atoms with van der Waals surface area (Å²) in [6, 6.07) is 17.6. The molecule has 0 aliphatic heterocycles. The van der Waals surface area contributed by atoms with Gasteiger partial charge < -0.3 is 9.47 Å². The van der Waals surface area contributed by atoms with Crippen molar-refractivity contribution in [3.8, 4) is 0 Å². The molecule has 0 radical (unpaired) electrons. The van der Waals surface area contributed by atoms with Crippen LogP contribution in [-0.4, -0.2) is 28.8 Å². The SMILES string of the molecule is CSc1nc2ccccc2n1CC(=O)N(C)c1ccccc1. The minimum absolute atomic E-state index is 0.0321. The fourth-order valence-corrected chi connectivity index (χ4v) is 2.97. The van der Waals surface area contributed by atoms with Crippen molar-refractivity contribution in [1.29, 1.82) is 0 Å². The van der Waals surface area contributed by atoms with E-state index in [1.54, 1.807) is 23.7 Å². The van der Waals surface area contributed by atoms with E-state index in [9.17, 15) is 4.79 Å². The monoisotopic (exact) mass is 311 g/mol. The first-order valence-electron chi connectivity index (χ1n) is 7.01.